The second kappa shape index (κ2) is 9.88. The van der Waals surface area contributed by atoms with Crippen LogP contribution in [0.4, 0.5) is 5.69 Å². The van der Waals surface area contributed by atoms with Crippen LogP contribution in [0.1, 0.15) is 26.5 Å². The maximum absolute atomic E-state index is 11.7. The predicted octanol–water partition coefficient (Wildman–Crippen LogP) is 2.03. The molecule has 1 heterocycles. The van der Waals surface area contributed by atoms with E-state index in [-0.39, 0.29) is 12.4 Å². The summed E-state index contributed by atoms with van der Waals surface area (Å²) < 4.78 is 20.7. The van der Waals surface area contributed by atoms with E-state index in [1.54, 1.807) is 32.9 Å². The zero-order chi connectivity index (χ0) is 19.7. The lowest BCUT2D eigenvalue weighted by Gasteiger charge is -2.23. The number of rotatable bonds is 9. The molecule has 0 fully saturated rings. The van der Waals surface area contributed by atoms with Gasteiger partial charge in [-0.15, -0.1) is 0 Å². The third kappa shape index (κ3) is 6.81. The molecular weight excluding hydrogens is 340 g/mol. The van der Waals surface area contributed by atoms with Gasteiger partial charge in [-0.25, -0.2) is 9.78 Å². The fourth-order valence-corrected chi connectivity index (χ4v) is 2.00. The van der Waals surface area contributed by atoms with Gasteiger partial charge in [-0.1, -0.05) is 0 Å². The Labute approximate surface area is 153 Å². The number of ether oxygens (including phenoxy) is 4. The first kappa shape index (κ1) is 21.6. The summed E-state index contributed by atoms with van der Waals surface area (Å²) in [5.74, 6) is -0.241. The molecule has 26 heavy (non-hydrogen) atoms. The van der Waals surface area contributed by atoms with Crippen LogP contribution in [-0.2, 0) is 23.8 Å². The number of hydrogen-bond acceptors (Lipinski definition) is 7. The summed E-state index contributed by atoms with van der Waals surface area (Å²) in [6, 6.07) is 3.32. The molecule has 0 aromatic carbocycles. The van der Waals surface area contributed by atoms with Gasteiger partial charge in [0, 0.05) is 20.3 Å². The highest BCUT2D eigenvalue weighted by Gasteiger charge is 2.18. The number of methoxy groups -OCH3 is 3. The summed E-state index contributed by atoms with van der Waals surface area (Å²) in [6.07, 6.45) is 2.85. The molecule has 0 unspecified atom stereocenters. The van der Waals surface area contributed by atoms with Crippen molar-refractivity contribution in [2.24, 2.45) is 0 Å². The zero-order valence-corrected chi connectivity index (χ0v) is 16.0. The molecule has 0 aliphatic rings. The van der Waals surface area contributed by atoms with Crippen LogP contribution in [0.2, 0.25) is 0 Å². The first-order chi connectivity index (χ1) is 12.2. The Bertz CT molecular complexity index is 635. The Kier molecular flexibility index (Phi) is 8.21. The van der Waals surface area contributed by atoms with Crippen LogP contribution in [0.15, 0.2) is 18.2 Å². The Morgan fingerprint density at radius 3 is 2.38 bits per heavy atom. The van der Waals surface area contributed by atoms with Crippen LogP contribution >= 0.6 is 0 Å². The number of amides is 1. The van der Waals surface area contributed by atoms with E-state index in [4.69, 9.17) is 18.9 Å². The van der Waals surface area contributed by atoms with E-state index >= 15 is 0 Å². The molecule has 1 aromatic heterocycles. The van der Waals surface area contributed by atoms with Gasteiger partial charge in [0.25, 0.3) is 0 Å². The smallest absolute Gasteiger partial charge is 0.331 e. The number of aromatic nitrogens is 1. The number of pyridine rings is 1. The van der Waals surface area contributed by atoms with E-state index in [0.717, 1.165) is 0 Å². The van der Waals surface area contributed by atoms with Crippen LogP contribution < -0.4 is 9.64 Å². The number of carbonyl (C=O) groups excluding carboxylic acids is 2. The molecule has 0 atom stereocenters. The monoisotopic (exact) mass is 366 g/mol. The highest BCUT2D eigenvalue weighted by atomic mass is 16.7. The highest BCUT2D eigenvalue weighted by Crippen LogP contribution is 2.26. The highest BCUT2D eigenvalue weighted by molar-refractivity contribution is 5.87. The number of anilines is 1. The molecule has 0 aliphatic carbocycles. The van der Waals surface area contributed by atoms with Crippen molar-refractivity contribution in [2.45, 2.75) is 32.7 Å². The maximum Gasteiger partial charge on any atom is 0.331 e. The maximum atomic E-state index is 11.7. The van der Waals surface area contributed by atoms with Crippen LogP contribution in [0.25, 0.3) is 6.08 Å². The third-order valence-corrected chi connectivity index (χ3v) is 3.16. The summed E-state index contributed by atoms with van der Waals surface area (Å²) in [4.78, 5) is 28.8. The van der Waals surface area contributed by atoms with E-state index in [2.05, 4.69) is 4.98 Å². The second-order valence-corrected chi connectivity index (χ2v) is 6.29. The Morgan fingerprint density at radius 2 is 1.88 bits per heavy atom. The number of esters is 1. The van der Waals surface area contributed by atoms with Gasteiger partial charge in [-0.2, -0.15) is 0 Å². The lowest BCUT2D eigenvalue weighted by atomic mass is 10.2. The first-order valence-corrected chi connectivity index (χ1v) is 7.97. The Morgan fingerprint density at radius 1 is 1.23 bits per heavy atom. The minimum absolute atomic E-state index is 0.168. The first-order valence-electron chi connectivity index (χ1n) is 7.97. The van der Waals surface area contributed by atoms with Crippen molar-refractivity contribution in [3.05, 3.63) is 23.9 Å². The van der Waals surface area contributed by atoms with E-state index in [1.165, 1.54) is 38.4 Å². The lowest BCUT2D eigenvalue weighted by Crippen LogP contribution is -2.34. The fourth-order valence-electron chi connectivity index (χ4n) is 2.00. The van der Waals surface area contributed by atoms with Crippen molar-refractivity contribution in [3.63, 3.8) is 0 Å². The van der Waals surface area contributed by atoms with Crippen molar-refractivity contribution in [1.82, 2.24) is 4.98 Å². The molecule has 0 saturated heterocycles. The van der Waals surface area contributed by atoms with E-state index in [9.17, 15) is 9.59 Å². The van der Waals surface area contributed by atoms with Crippen LogP contribution in [-0.4, -0.2) is 57.1 Å². The molecule has 144 valence electrons. The van der Waals surface area contributed by atoms with E-state index in [0.29, 0.717) is 17.8 Å². The quantitative estimate of drug-likeness (QED) is 0.286. The molecule has 1 amide bonds. The minimum Gasteiger partial charge on any atom is -0.479 e. The summed E-state index contributed by atoms with van der Waals surface area (Å²) in [6.45, 7) is 5.53. The molecule has 0 bridgehead atoms. The van der Waals surface area contributed by atoms with Gasteiger partial charge in [0.15, 0.2) is 6.29 Å². The van der Waals surface area contributed by atoms with E-state index in [1.807, 2.05) is 0 Å². The van der Waals surface area contributed by atoms with Crippen LogP contribution in [0, 0.1) is 0 Å². The van der Waals surface area contributed by atoms with Gasteiger partial charge in [-0.3, -0.25) is 4.79 Å². The normalized spacial score (nSPS) is 11.7. The van der Waals surface area contributed by atoms with E-state index < -0.39 is 17.9 Å². The number of nitrogens with zero attached hydrogens (tertiary/aromatic N) is 2. The lowest BCUT2D eigenvalue weighted by molar-refractivity contribution is -0.148. The molecule has 0 N–H and O–H groups in total. The largest absolute Gasteiger partial charge is 0.479 e. The Balaban J connectivity index is 2.99. The summed E-state index contributed by atoms with van der Waals surface area (Å²) in [5, 5.41) is 0. The summed E-state index contributed by atoms with van der Waals surface area (Å²) >= 11 is 0. The second-order valence-electron chi connectivity index (χ2n) is 6.29. The number of hydrogen-bond donors (Lipinski definition) is 0. The molecule has 0 spiro atoms. The topological polar surface area (TPSA) is 87.2 Å². The average Bonchev–Trinajstić information content (AvgIpc) is 2.59. The molecule has 0 aliphatic heterocycles. The molecular formula is C18H26N2O6. The van der Waals surface area contributed by atoms with Crippen molar-refractivity contribution in [1.29, 1.82) is 0 Å². The fraction of sp³-hybridized carbons (Fsp3) is 0.500. The number of carbonyl (C=O) groups is 2. The van der Waals surface area contributed by atoms with Gasteiger partial charge in [0.2, 0.25) is 12.3 Å². The standard InChI is InChI=1S/C18H26N2O6/c1-18(2,3)26-15(22)10-8-13-7-9-14(17(19-13)25-6)20(12-21)11-16(23-4)24-5/h7-10,12,16H,11H2,1-6H3/b10-8+. The van der Waals surface area contributed by atoms with Gasteiger partial charge in [-0.05, 0) is 39.0 Å². The van der Waals surface area contributed by atoms with Gasteiger partial charge >= 0.3 is 5.97 Å². The van der Waals surface area contributed by atoms with Gasteiger partial charge in [0.1, 0.15) is 11.3 Å². The Hall–Kier alpha value is -2.45. The SMILES string of the molecule is COc1nc(/C=C/C(=O)OC(C)(C)C)ccc1N(C=O)CC(OC)OC. The molecule has 8 heteroatoms. The summed E-state index contributed by atoms with van der Waals surface area (Å²) in [5.41, 5.74) is 0.369. The summed E-state index contributed by atoms with van der Waals surface area (Å²) in [7, 11) is 4.41. The molecule has 8 nitrogen and oxygen atoms in total. The van der Waals surface area contributed by atoms with Gasteiger partial charge in [0.05, 0.1) is 19.3 Å². The minimum atomic E-state index is -0.586. The molecule has 1 rings (SSSR count). The van der Waals surface area contributed by atoms with Crippen molar-refractivity contribution < 1.29 is 28.5 Å². The van der Waals surface area contributed by atoms with Crippen LogP contribution in [0.5, 0.6) is 5.88 Å². The molecule has 0 radical (unpaired) electrons. The van der Waals surface area contributed by atoms with Crippen molar-refractivity contribution >= 4 is 24.1 Å². The van der Waals surface area contributed by atoms with Crippen molar-refractivity contribution in [2.75, 3.05) is 32.8 Å². The van der Waals surface area contributed by atoms with Crippen LogP contribution in [0.3, 0.4) is 0 Å². The average molecular weight is 366 g/mol. The van der Waals surface area contributed by atoms with Crippen molar-refractivity contribution in [3.8, 4) is 5.88 Å². The zero-order valence-electron chi connectivity index (χ0n) is 16.0. The third-order valence-electron chi connectivity index (χ3n) is 3.16. The molecule has 0 saturated carbocycles. The van der Waals surface area contributed by atoms with Gasteiger partial charge < -0.3 is 23.8 Å². The predicted molar refractivity (Wildman–Crippen MR) is 96.9 cm³/mol. The molecule has 1 aromatic rings.